The lowest BCUT2D eigenvalue weighted by atomic mass is 9.96. The van der Waals surface area contributed by atoms with E-state index in [4.69, 9.17) is 0 Å². The minimum absolute atomic E-state index is 0. The first-order chi connectivity index (χ1) is 15.5. The maximum Gasteiger partial charge on any atom is 0.251 e. The largest absolute Gasteiger partial charge is 0.369 e. The maximum atomic E-state index is 13.5. The number of aromatic nitrogens is 4. The van der Waals surface area contributed by atoms with Gasteiger partial charge in [0.15, 0.2) is 0 Å². The van der Waals surface area contributed by atoms with Crippen LogP contribution < -0.4 is 10.6 Å². The molecule has 0 radical (unpaired) electrons. The average Bonchev–Trinajstić information content (AvgIpc) is 2.83. The van der Waals surface area contributed by atoms with Crippen molar-refractivity contribution in [3.63, 3.8) is 0 Å². The second-order valence-corrected chi connectivity index (χ2v) is 7.58. The van der Waals surface area contributed by atoms with Gasteiger partial charge in [-0.2, -0.15) is 17.9 Å². The molecule has 9 heteroatoms. The van der Waals surface area contributed by atoms with Crippen LogP contribution in [0.25, 0.3) is 22.2 Å². The predicted octanol–water partition coefficient (Wildman–Crippen LogP) is 4.22. The summed E-state index contributed by atoms with van der Waals surface area (Å²) in [4.78, 5) is 29.1. The van der Waals surface area contributed by atoms with Gasteiger partial charge in [-0.3, -0.25) is 9.78 Å². The molecule has 0 aliphatic heterocycles. The van der Waals surface area contributed by atoms with Crippen LogP contribution in [0.3, 0.4) is 0 Å². The molecule has 7 nitrogen and oxygen atoms in total. The van der Waals surface area contributed by atoms with Crippen molar-refractivity contribution in [1.82, 2.24) is 25.3 Å². The summed E-state index contributed by atoms with van der Waals surface area (Å²) >= 11 is 0. The Hall–Kier alpha value is -3.59. The predicted molar refractivity (Wildman–Crippen MR) is 132 cm³/mol. The van der Waals surface area contributed by atoms with Crippen LogP contribution >= 0.6 is 13.5 Å². The summed E-state index contributed by atoms with van der Waals surface area (Å²) in [6.45, 7) is 4.36. The van der Waals surface area contributed by atoms with Crippen LogP contribution in [0, 0.1) is 12.9 Å². The fraction of sp³-hybridized carbons (Fsp3) is 0.208. The number of hydrogen-bond donors (Lipinski definition) is 2. The van der Waals surface area contributed by atoms with Crippen molar-refractivity contribution < 1.29 is 9.18 Å². The highest BCUT2D eigenvalue weighted by atomic mass is 32.1. The number of nitrogens with one attached hydrogen (secondary N) is 2. The highest BCUT2D eigenvalue weighted by Crippen LogP contribution is 2.27. The van der Waals surface area contributed by atoms with Crippen LogP contribution in [-0.2, 0) is 0 Å². The monoisotopic (exact) mass is 464 g/mol. The van der Waals surface area contributed by atoms with Crippen molar-refractivity contribution in [1.29, 1.82) is 0 Å². The molecule has 0 aliphatic carbocycles. The number of halogens is 1. The van der Waals surface area contributed by atoms with Crippen molar-refractivity contribution in [3.8, 4) is 11.3 Å². The first kappa shape index (κ1) is 24.1. The second kappa shape index (κ2) is 10.4. The summed E-state index contributed by atoms with van der Waals surface area (Å²) in [7, 11) is 1.62. The van der Waals surface area contributed by atoms with Gasteiger partial charge in [-0.1, -0.05) is 25.1 Å². The van der Waals surface area contributed by atoms with Crippen LogP contribution in [-0.4, -0.2) is 39.4 Å². The van der Waals surface area contributed by atoms with Gasteiger partial charge >= 0.3 is 0 Å². The molecular weight excluding hydrogens is 439 g/mol. The Morgan fingerprint density at radius 3 is 2.70 bits per heavy atom. The third-order valence-electron chi connectivity index (χ3n) is 5.37. The number of hydrogen-bond acceptors (Lipinski definition) is 6. The number of benzene rings is 1. The topological polar surface area (TPSA) is 92.7 Å². The van der Waals surface area contributed by atoms with Crippen LogP contribution in [0.4, 0.5) is 10.2 Å². The molecule has 1 atom stereocenters. The Morgan fingerprint density at radius 2 is 1.94 bits per heavy atom. The zero-order valence-corrected chi connectivity index (χ0v) is 19.6. The molecule has 0 unspecified atom stereocenters. The standard InChI is InChI=1S/C24H23FN6O.H2S/c1-14-9-16(12-29-23(14)25)20-10-21(31-13-30-20)28-11-15(2)17-5-4-6-18-19(24(32)26-3)7-8-27-22(17)18;/h4-10,12-13,15H,11H2,1-3H3,(H,26,32)(H,28,30,31);1H2/t15-;/m1./s1. The number of para-hydroxylation sites is 1. The van der Waals surface area contributed by atoms with E-state index >= 15 is 0 Å². The van der Waals surface area contributed by atoms with Gasteiger partial charge in [-0.15, -0.1) is 0 Å². The van der Waals surface area contributed by atoms with Crippen LogP contribution in [0.2, 0.25) is 0 Å². The van der Waals surface area contributed by atoms with Gasteiger partial charge in [0.25, 0.3) is 5.91 Å². The Bertz CT molecular complexity index is 1300. The summed E-state index contributed by atoms with van der Waals surface area (Å²) in [6.07, 6.45) is 4.59. The summed E-state index contributed by atoms with van der Waals surface area (Å²) in [6, 6.07) is 11.1. The number of anilines is 1. The molecule has 3 aromatic heterocycles. The molecule has 170 valence electrons. The van der Waals surface area contributed by atoms with Gasteiger partial charge in [-0.05, 0) is 24.6 Å². The lowest BCUT2D eigenvalue weighted by Gasteiger charge is -2.16. The molecule has 0 spiro atoms. The van der Waals surface area contributed by atoms with Crippen molar-refractivity contribution >= 4 is 36.1 Å². The molecule has 0 fully saturated rings. The average molecular weight is 465 g/mol. The lowest BCUT2D eigenvalue weighted by molar-refractivity contribution is 0.0964. The molecule has 3 heterocycles. The number of carbonyl (C=O) groups is 1. The molecule has 0 bridgehead atoms. The van der Waals surface area contributed by atoms with Crippen LogP contribution in [0.15, 0.2) is 55.1 Å². The molecule has 2 N–H and O–H groups in total. The normalized spacial score (nSPS) is 11.5. The van der Waals surface area contributed by atoms with E-state index in [1.807, 2.05) is 24.3 Å². The molecule has 0 saturated heterocycles. The van der Waals surface area contributed by atoms with E-state index < -0.39 is 5.95 Å². The number of nitrogens with zero attached hydrogens (tertiary/aromatic N) is 4. The number of fused-ring (bicyclic) bond motifs is 1. The van der Waals surface area contributed by atoms with Crippen molar-refractivity contribution in [3.05, 3.63) is 77.8 Å². The van der Waals surface area contributed by atoms with E-state index in [1.54, 1.807) is 32.3 Å². The van der Waals surface area contributed by atoms with Crippen molar-refractivity contribution in [2.24, 2.45) is 0 Å². The second-order valence-electron chi connectivity index (χ2n) is 7.58. The van der Waals surface area contributed by atoms with Gasteiger partial charge in [0, 0.05) is 54.5 Å². The molecule has 4 rings (SSSR count). The third kappa shape index (κ3) is 5.09. The van der Waals surface area contributed by atoms with Gasteiger partial charge in [-0.25, -0.2) is 15.0 Å². The van der Waals surface area contributed by atoms with E-state index in [1.165, 1.54) is 12.5 Å². The highest BCUT2D eigenvalue weighted by molar-refractivity contribution is 7.59. The Balaban J connectivity index is 0.00000306. The SMILES string of the molecule is CNC(=O)c1ccnc2c([C@H](C)CNc3cc(-c4cnc(F)c(C)c4)ncn3)cccc12.S. The van der Waals surface area contributed by atoms with E-state index in [9.17, 15) is 9.18 Å². The molecular formula is C24H25FN6OS. The van der Waals surface area contributed by atoms with E-state index in [0.717, 1.165) is 22.0 Å². The summed E-state index contributed by atoms with van der Waals surface area (Å²) < 4.78 is 13.5. The number of rotatable bonds is 6. The Kier molecular flexibility index (Phi) is 7.55. The molecule has 0 saturated carbocycles. The molecule has 33 heavy (non-hydrogen) atoms. The lowest BCUT2D eigenvalue weighted by Crippen LogP contribution is -2.18. The fourth-order valence-corrected chi connectivity index (χ4v) is 3.61. The first-order valence-electron chi connectivity index (χ1n) is 10.3. The third-order valence-corrected chi connectivity index (χ3v) is 5.37. The fourth-order valence-electron chi connectivity index (χ4n) is 3.61. The van der Waals surface area contributed by atoms with E-state index in [-0.39, 0.29) is 25.3 Å². The number of pyridine rings is 2. The molecule has 1 amide bonds. The first-order valence-corrected chi connectivity index (χ1v) is 10.3. The van der Waals surface area contributed by atoms with Crippen LogP contribution in [0.5, 0.6) is 0 Å². The number of carbonyl (C=O) groups excluding carboxylic acids is 1. The summed E-state index contributed by atoms with van der Waals surface area (Å²) in [5, 5.41) is 6.83. The minimum Gasteiger partial charge on any atom is -0.369 e. The van der Waals surface area contributed by atoms with Gasteiger partial charge < -0.3 is 10.6 Å². The van der Waals surface area contributed by atoms with Gasteiger partial charge in [0.05, 0.1) is 16.8 Å². The van der Waals surface area contributed by atoms with Gasteiger partial charge in [0.2, 0.25) is 5.95 Å². The molecule has 4 aromatic rings. The minimum atomic E-state index is -0.488. The Labute approximate surface area is 198 Å². The quantitative estimate of drug-likeness (QED) is 0.415. The van der Waals surface area contributed by atoms with Crippen LogP contribution in [0.1, 0.15) is 34.3 Å². The summed E-state index contributed by atoms with van der Waals surface area (Å²) in [5.74, 6) is 0.125. The summed E-state index contributed by atoms with van der Waals surface area (Å²) in [5.41, 5.74) is 4.29. The zero-order valence-electron chi connectivity index (χ0n) is 18.6. The number of amides is 1. The van der Waals surface area contributed by atoms with Gasteiger partial charge in [0.1, 0.15) is 12.1 Å². The maximum absolute atomic E-state index is 13.5. The molecule has 0 aliphatic rings. The number of aryl methyl sites for hydroxylation is 1. The van der Waals surface area contributed by atoms with Crippen molar-refractivity contribution in [2.45, 2.75) is 19.8 Å². The zero-order chi connectivity index (χ0) is 22.7. The van der Waals surface area contributed by atoms with E-state index in [0.29, 0.717) is 29.2 Å². The smallest absolute Gasteiger partial charge is 0.251 e. The van der Waals surface area contributed by atoms with E-state index in [2.05, 4.69) is 37.5 Å². The molecule has 1 aromatic carbocycles. The Morgan fingerprint density at radius 1 is 1.12 bits per heavy atom. The van der Waals surface area contributed by atoms with Crippen molar-refractivity contribution in [2.75, 3.05) is 18.9 Å². The highest BCUT2D eigenvalue weighted by Gasteiger charge is 2.15.